The Bertz CT molecular complexity index is 1420. The summed E-state index contributed by atoms with van der Waals surface area (Å²) in [4.78, 5) is 0. The molecule has 2 heterocycles. The van der Waals surface area contributed by atoms with Gasteiger partial charge in [-0.1, -0.05) is 54.6 Å². The Morgan fingerprint density at radius 2 is 1.52 bits per heavy atom. The average molecular weight is 401 g/mol. The first-order chi connectivity index (χ1) is 15.1. The first-order valence-electron chi connectivity index (χ1n) is 11.4. The Balaban J connectivity index is 1.67. The predicted molar refractivity (Wildman–Crippen MR) is 125 cm³/mol. The van der Waals surface area contributed by atoms with E-state index in [0.717, 1.165) is 12.8 Å². The van der Waals surface area contributed by atoms with Crippen molar-refractivity contribution in [3.8, 4) is 11.1 Å². The molecule has 1 aromatic heterocycles. The van der Waals surface area contributed by atoms with Crippen molar-refractivity contribution in [2.45, 2.75) is 45.1 Å². The SMILES string of the molecule is Cc1c2c(c3c4c1C(C)(C)[n+]1ccccc1C4c1ccccc1C3)-c1ccccc1C2. The maximum Gasteiger partial charge on any atom is 0.194 e. The summed E-state index contributed by atoms with van der Waals surface area (Å²) in [6, 6.07) is 24.9. The lowest BCUT2D eigenvalue weighted by molar-refractivity contribution is -0.756. The van der Waals surface area contributed by atoms with E-state index in [1.165, 1.54) is 39.1 Å². The monoisotopic (exact) mass is 400 g/mol. The van der Waals surface area contributed by atoms with E-state index in [-0.39, 0.29) is 5.54 Å². The number of rotatable bonds is 0. The second-order valence-corrected chi connectivity index (χ2v) is 9.94. The fourth-order valence-electron chi connectivity index (χ4n) is 6.90. The second kappa shape index (κ2) is 5.73. The summed E-state index contributed by atoms with van der Waals surface area (Å²) in [7, 11) is 0. The zero-order valence-electron chi connectivity index (χ0n) is 18.4. The average Bonchev–Trinajstić information content (AvgIpc) is 3.18. The van der Waals surface area contributed by atoms with E-state index < -0.39 is 0 Å². The molecule has 1 aliphatic heterocycles. The van der Waals surface area contributed by atoms with E-state index >= 15 is 0 Å². The third-order valence-corrected chi connectivity index (χ3v) is 8.10. The number of pyridine rings is 1. The zero-order valence-corrected chi connectivity index (χ0v) is 18.4. The summed E-state index contributed by atoms with van der Waals surface area (Å²) >= 11 is 0. The van der Waals surface area contributed by atoms with Gasteiger partial charge in [-0.2, -0.15) is 4.57 Å². The Morgan fingerprint density at radius 3 is 2.39 bits per heavy atom. The molecular weight excluding hydrogens is 374 g/mol. The van der Waals surface area contributed by atoms with Gasteiger partial charge in [0, 0.05) is 31.5 Å². The van der Waals surface area contributed by atoms with E-state index in [9.17, 15) is 0 Å². The van der Waals surface area contributed by atoms with Crippen molar-refractivity contribution < 1.29 is 4.57 Å². The first-order valence-corrected chi connectivity index (χ1v) is 11.4. The van der Waals surface area contributed by atoms with Crippen LogP contribution >= 0.6 is 0 Å². The van der Waals surface area contributed by atoms with E-state index in [4.69, 9.17) is 0 Å². The molecule has 0 saturated heterocycles. The highest BCUT2D eigenvalue weighted by Crippen LogP contribution is 2.54. The van der Waals surface area contributed by atoms with Gasteiger partial charge in [0.1, 0.15) is 0 Å². The molecule has 0 radical (unpaired) electrons. The number of hydrogen-bond donors (Lipinski definition) is 0. The van der Waals surface area contributed by atoms with Crippen LogP contribution in [0.5, 0.6) is 0 Å². The topological polar surface area (TPSA) is 3.88 Å². The summed E-state index contributed by atoms with van der Waals surface area (Å²) < 4.78 is 2.54. The molecule has 0 bridgehead atoms. The van der Waals surface area contributed by atoms with Gasteiger partial charge in [0.25, 0.3) is 0 Å². The minimum atomic E-state index is -0.0721. The Kier molecular flexibility index (Phi) is 3.23. The normalized spacial score (nSPS) is 18.5. The molecule has 4 aromatic rings. The van der Waals surface area contributed by atoms with Gasteiger partial charge in [0.05, 0.1) is 5.92 Å². The fourth-order valence-corrected chi connectivity index (χ4v) is 6.90. The van der Waals surface area contributed by atoms with E-state index in [1.54, 1.807) is 22.3 Å². The lowest BCUT2D eigenvalue weighted by Crippen LogP contribution is -2.60. The van der Waals surface area contributed by atoms with Gasteiger partial charge >= 0.3 is 0 Å². The van der Waals surface area contributed by atoms with Crippen LogP contribution in [0.1, 0.15) is 70.0 Å². The van der Waals surface area contributed by atoms with Crippen LogP contribution in [0.2, 0.25) is 0 Å². The van der Waals surface area contributed by atoms with Crippen LogP contribution in [-0.2, 0) is 18.4 Å². The van der Waals surface area contributed by atoms with Gasteiger partial charge in [-0.05, 0) is 69.8 Å². The van der Waals surface area contributed by atoms with Gasteiger partial charge in [-0.3, -0.25) is 0 Å². The maximum absolute atomic E-state index is 2.54. The predicted octanol–water partition coefficient (Wildman–Crippen LogP) is 6.03. The lowest BCUT2D eigenvalue weighted by Gasteiger charge is -2.40. The smallest absolute Gasteiger partial charge is 0.192 e. The molecule has 1 nitrogen and oxygen atoms in total. The van der Waals surface area contributed by atoms with Crippen molar-refractivity contribution in [1.82, 2.24) is 0 Å². The molecule has 0 saturated carbocycles. The molecule has 1 heteroatoms. The number of benzene rings is 3. The molecule has 31 heavy (non-hydrogen) atoms. The van der Waals surface area contributed by atoms with Crippen molar-refractivity contribution in [3.63, 3.8) is 0 Å². The van der Waals surface area contributed by atoms with Crippen molar-refractivity contribution >= 4 is 0 Å². The van der Waals surface area contributed by atoms with Crippen LogP contribution < -0.4 is 4.57 Å². The first kappa shape index (κ1) is 17.5. The molecule has 150 valence electrons. The summed E-state index contributed by atoms with van der Waals surface area (Å²) in [6.07, 6.45) is 4.39. The molecular formula is C30H26N+. The van der Waals surface area contributed by atoms with Crippen molar-refractivity contribution in [3.05, 3.63) is 123 Å². The lowest BCUT2D eigenvalue weighted by atomic mass is 9.65. The van der Waals surface area contributed by atoms with Crippen molar-refractivity contribution in [2.24, 2.45) is 0 Å². The fraction of sp³-hybridized carbons (Fsp3) is 0.233. The minimum Gasteiger partial charge on any atom is -0.192 e. The van der Waals surface area contributed by atoms with Crippen LogP contribution in [0.25, 0.3) is 11.1 Å². The van der Waals surface area contributed by atoms with Gasteiger partial charge in [0.2, 0.25) is 0 Å². The Hall–Kier alpha value is -3.19. The molecule has 7 rings (SSSR count). The Labute approximate surface area is 184 Å². The third kappa shape index (κ3) is 2.05. The molecule has 1 unspecified atom stereocenters. The van der Waals surface area contributed by atoms with Crippen LogP contribution in [0.15, 0.2) is 72.9 Å². The number of fused-ring (bicyclic) bond motifs is 8. The van der Waals surface area contributed by atoms with E-state index in [1.807, 2.05) is 0 Å². The van der Waals surface area contributed by atoms with Crippen molar-refractivity contribution in [1.29, 1.82) is 0 Å². The summed E-state index contributed by atoms with van der Waals surface area (Å²) in [5.41, 5.74) is 16.6. The van der Waals surface area contributed by atoms with Gasteiger partial charge in [-0.25, -0.2) is 0 Å². The summed E-state index contributed by atoms with van der Waals surface area (Å²) in [5, 5.41) is 0. The van der Waals surface area contributed by atoms with Crippen LogP contribution in [0.4, 0.5) is 0 Å². The molecule has 3 aromatic carbocycles. The standard InChI is InChI=1S/C30H26N/c1-18-23-16-19-10-4-6-12-21(19)26(23)24-17-20-11-5-7-13-22(20)27-25-14-8-9-15-31(25)30(2,3)29(18)28(24)27/h4-15,27H,16-17H2,1-3H3/q+1. The molecule has 3 aliphatic rings. The van der Waals surface area contributed by atoms with Crippen LogP contribution in [-0.4, -0.2) is 0 Å². The number of hydrogen-bond acceptors (Lipinski definition) is 0. The summed E-state index contributed by atoms with van der Waals surface area (Å²) in [5.74, 6) is 0.306. The van der Waals surface area contributed by atoms with Gasteiger partial charge < -0.3 is 0 Å². The van der Waals surface area contributed by atoms with Crippen molar-refractivity contribution in [2.75, 3.05) is 0 Å². The highest BCUT2D eigenvalue weighted by Gasteiger charge is 2.50. The molecule has 0 N–H and O–H groups in total. The van der Waals surface area contributed by atoms with Gasteiger partial charge in [-0.15, -0.1) is 0 Å². The molecule has 0 spiro atoms. The quantitative estimate of drug-likeness (QED) is 0.274. The van der Waals surface area contributed by atoms with Gasteiger partial charge in [0.15, 0.2) is 17.4 Å². The minimum absolute atomic E-state index is 0.0721. The van der Waals surface area contributed by atoms with E-state index in [2.05, 4.69) is 98.3 Å². The van der Waals surface area contributed by atoms with Crippen LogP contribution in [0.3, 0.4) is 0 Å². The number of aromatic nitrogens is 1. The largest absolute Gasteiger partial charge is 0.194 e. The Morgan fingerprint density at radius 1 is 0.806 bits per heavy atom. The molecule has 1 atom stereocenters. The molecule has 2 aliphatic carbocycles. The highest BCUT2D eigenvalue weighted by atomic mass is 15.1. The maximum atomic E-state index is 2.54. The van der Waals surface area contributed by atoms with Crippen LogP contribution in [0, 0.1) is 6.92 Å². The second-order valence-electron chi connectivity index (χ2n) is 9.94. The number of nitrogens with zero attached hydrogens (tertiary/aromatic N) is 1. The van der Waals surface area contributed by atoms with E-state index in [0.29, 0.717) is 5.92 Å². The summed E-state index contributed by atoms with van der Waals surface area (Å²) in [6.45, 7) is 7.20. The zero-order chi connectivity index (χ0) is 20.9. The molecule has 0 amide bonds. The molecule has 0 fully saturated rings. The third-order valence-electron chi connectivity index (χ3n) is 8.10. The highest BCUT2D eigenvalue weighted by molar-refractivity contribution is 5.85.